The second-order valence-corrected chi connectivity index (χ2v) is 2.74. The van der Waals surface area contributed by atoms with Crippen molar-refractivity contribution in [1.29, 1.82) is 0 Å². The average Bonchev–Trinajstić information content (AvgIpc) is 2.19. The van der Waals surface area contributed by atoms with Gasteiger partial charge >= 0.3 is 5.97 Å². The first-order valence-corrected chi connectivity index (χ1v) is 3.91. The Morgan fingerprint density at radius 3 is 2.86 bits per heavy atom. The standard InChI is InChI=1S/C8H10N2O4/c1-14-6(12)4-10-3-2-5(11)7(9)8(10)13/h2-3,7H,4,9H2,1H3. The molecule has 0 radical (unpaired) electrons. The van der Waals surface area contributed by atoms with Gasteiger partial charge in [-0.1, -0.05) is 0 Å². The summed E-state index contributed by atoms with van der Waals surface area (Å²) in [7, 11) is 1.21. The van der Waals surface area contributed by atoms with Crippen LogP contribution in [0.2, 0.25) is 0 Å². The quantitative estimate of drug-likeness (QED) is 0.427. The number of carbonyl (C=O) groups is 3. The number of hydrogen-bond donors (Lipinski definition) is 1. The number of ketones is 1. The van der Waals surface area contributed by atoms with E-state index in [1.807, 2.05) is 0 Å². The smallest absolute Gasteiger partial charge is 0.325 e. The predicted molar refractivity (Wildman–Crippen MR) is 45.9 cm³/mol. The largest absolute Gasteiger partial charge is 0.468 e. The Hall–Kier alpha value is -1.69. The molecule has 1 rings (SSSR count). The maximum Gasteiger partial charge on any atom is 0.325 e. The molecular formula is C8H10N2O4. The number of carbonyl (C=O) groups excluding carboxylic acids is 3. The van der Waals surface area contributed by atoms with E-state index in [1.54, 1.807) is 0 Å². The molecule has 0 aromatic rings. The maximum absolute atomic E-state index is 11.3. The highest BCUT2D eigenvalue weighted by Gasteiger charge is 2.29. The molecule has 0 bridgehead atoms. The van der Waals surface area contributed by atoms with Crippen LogP contribution >= 0.6 is 0 Å². The number of ether oxygens (including phenoxy) is 1. The zero-order valence-corrected chi connectivity index (χ0v) is 7.60. The molecule has 1 aliphatic heterocycles. The van der Waals surface area contributed by atoms with Gasteiger partial charge in [-0.2, -0.15) is 0 Å². The van der Waals surface area contributed by atoms with Gasteiger partial charge in [-0.3, -0.25) is 14.4 Å². The van der Waals surface area contributed by atoms with Crippen molar-refractivity contribution in [2.75, 3.05) is 13.7 Å². The molecule has 0 saturated heterocycles. The number of hydrogen-bond acceptors (Lipinski definition) is 5. The van der Waals surface area contributed by atoms with Crippen LogP contribution < -0.4 is 5.73 Å². The molecule has 1 heterocycles. The fraction of sp³-hybridized carbons (Fsp3) is 0.375. The van der Waals surface area contributed by atoms with Gasteiger partial charge in [0.25, 0.3) is 5.91 Å². The van der Waals surface area contributed by atoms with Crippen LogP contribution in [0, 0.1) is 0 Å². The van der Waals surface area contributed by atoms with Gasteiger partial charge in [0, 0.05) is 6.20 Å². The molecule has 0 aromatic carbocycles. The van der Waals surface area contributed by atoms with Gasteiger partial charge in [-0.15, -0.1) is 0 Å². The topological polar surface area (TPSA) is 89.7 Å². The maximum atomic E-state index is 11.3. The normalized spacial score (nSPS) is 21.3. The number of amides is 1. The highest BCUT2D eigenvalue weighted by Crippen LogP contribution is 2.04. The van der Waals surface area contributed by atoms with Gasteiger partial charge in [0.05, 0.1) is 7.11 Å². The molecule has 14 heavy (non-hydrogen) atoms. The molecule has 0 aromatic heterocycles. The Bertz CT molecular complexity index is 310. The minimum absolute atomic E-state index is 0.229. The fourth-order valence-electron chi connectivity index (χ4n) is 0.975. The Kier molecular flexibility index (Phi) is 2.98. The molecule has 76 valence electrons. The molecule has 6 heteroatoms. The van der Waals surface area contributed by atoms with Crippen molar-refractivity contribution in [3.63, 3.8) is 0 Å². The average molecular weight is 198 g/mol. The van der Waals surface area contributed by atoms with Crippen LogP contribution in [0.15, 0.2) is 12.3 Å². The summed E-state index contributed by atoms with van der Waals surface area (Å²) in [4.78, 5) is 34.1. The first kappa shape index (κ1) is 10.4. The summed E-state index contributed by atoms with van der Waals surface area (Å²) in [6, 6.07) is -1.20. The van der Waals surface area contributed by atoms with E-state index in [1.165, 1.54) is 13.3 Å². The van der Waals surface area contributed by atoms with Gasteiger partial charge < -0.3 is 15.4 Å². The van der Waals surface area contributed by atoms with Crippen LogP contribution in [-0.4, -0.2) is 42.3 Å². The zero-order chi connectivity index (χ0) is 10.7. The van der Waals surface area contributed by atoms with E-state index in [0.29, 0.717) is 0 Å². The molecule has 1 unspecified atom stereocenters. The zero-order valence-electron chi connectivity index (χ0n) is 7.60. The molecule has 0 fully saturated rings. The van der Waals surface area contributed by atoms with Crippen LogP contribution in [0.4, 0.5) is 0 Å². The number of methoxy groups -OCH3 is 1. The van der Waals surface area contributed by atoms with E-state index in [9.17, 15) is 14.4 Å². The number of nitrogens with zero attached hydrogens (tertiary/aromatic N) is 1. The molecule has 1 atom stereocenters. The van der Waals surface area contributed by atoms with Crippen molar-refractivity contribution < 1.29 is 19.1 Å². The van der Waals surface area contributed by atoms with E-state index in [4.69, 9.17) is 5.73 Å². The summed E-state index contributed by atoms with van der Waals surface area (Å²) in [6.07, 6.45) is 2.39. The lowest BCUT2D eigenvalue weighted by Crippen LogP contribution is -2.50. The van der Waals surface area contributed by atoms with E-state index >= 15 is 0 Å². The lowest BCUT2D eigenvalue weighted by Gasteiger charge is -2.23. The minimum Gasteiger partial charge on any atom is -0.468 e. The van der Waals surface area contributed by atoms with E-state index in [-0.39, 0.29) is 6.54 Å². The van der Waals surface area contributed by atoms with Crippen molar-refractivity contribution in [3.8, 4) is 0 Å². The third-order valence-electron chi connectivity index (χ3n) is 1.80. The van der Waals surface area contributed by atoms with Crippen molar-refractivity contribution >= 4 is 17.7 Å². The number of esters is 1. The second-order valence-electron chi connectivity index (χ2n) is 2.74. The molecule has 2 N–H and O–H groups in total. The lowest BCUT2D eigenvalue weighted by atomic mass is 10.1. The summed E-state index contributed by atoms with van der Waals surface area (Å²) in [5, 5.41) is 0. The highest BCUT2D eigenvalue weighted by atomic mass is 16.5. The van der Waals surface area contributed by atoms with Crippen LogP contribution in [0.25, 0.3) is 0 Å². The van der Waals surface area contributed by atoms with Crippen LogP contribution in [0.1, 0.15) is 0 Å². The van der Waals surface area contributed by atoms with Gasteiger partial charge in [-0.25, -0.2) is 0 Å². The van der Waals surface area contributed by atoms with Gasteiger partial charge in [-0.05, 0) is 6.08 Å². The number of rotatable bonds is 2. The van der Waals surface area contributed by atoms with Crippen LogP contribution in [0.3, 0.4) is 0 Å². The van der Waals surface area contributed by atoms with Crippen molar-refractivity contribution in [3.05, 3.63) is 12.3 Å². The third kappa shape index (κ3) is 1.97. The molecule has 1 amide bonds. The molecule has 6 nitrogen and oxygen atoms in total. The van der Waals surface area contributed by atoms with Crippen LogP contribution in [-0.2, 0) is 19.1 Å². The highest BCUT2D eigenvalue weighted by molar-refractivity contribution is 6.13. The Balaban J connectivity index is 2.72. The van der Waals surface area contributed by atoms with Crippen LogP contribution in [0.5, 0.6) is 0 Å². The molecule has 0 saturated carbocycles. The van der Waals surface area contributed by atoms with Gasteiger partial charge in [0.2, 0.25) is 0 Å². The summed E-state index contributed by atoms with van der Waals surface area (Å²) in [5.74, 6) is -1.62. The van der Waals surface area contributed by atoms with Crippen molar-refractivity contribution in [1.82, 2.24) is 4.90 Å². The van der Waals surface area contributed by atoms with Crippen molar-refractivity contribution in [2.45, 2.75) is 6.04 Å². The third-order valence-corrected chi connectivity index (χ3v) is 1.80. The Morgan fingerprint density at radius 2 is 2.29 bits per heavy atom. The van der Waals surface area contributed by atoms with Crippen molar-refractivity contribution in [2.24, 2.45) is 5.73 Å². The number of nitrogens with two attached hydrogens (primary N) is 1. The summed E-state index contributed by atoms with van der Waals surface area (Å²) < 4.78 is 4.37. The van der Waals surface area contributed by atoms with E-state index < -0.39 is 23.7 Å². The predicted octanol–water partition coefficient (Wildman–Crippen LogP) is -1.59. The second kappa shape index (κ2) is 4.01. The minimum atomic E-state index is -1.20. The Labute approximate surface area is 80.3 Å². The summed E-state index contributed by atoms with van der Waals surface area (Å²) in [6.45, 7) is -0.229. The van der Waals surface area contributed by atoms with E-state index in [2.05, 4.69) is 4.74 Å². The lowest BCUT2D eigenvalue weighted by molar-refractivity contribution is -0.147. The molecule has 0 aliphatic carbocycles. The molecule has 0 spiro atoms. The summed E-state index contributed by atoms with van der Waals surface area (Å²) >= 11 is 0. The molecule has 1 aliphatic rings. The van der Waals surface area contributed by atoms with Gasteiger partial charge in [0.1, 0.15) is 12.6 Å². The first-order chi connectivity index (χ1) is 6.56. The monoisotopic (exact) mass is 198 g/mol. The summed E-state index contributed by atoms with van der Waals surface area (Å²) in [5.41, 5.74) is 5.29. The fourth-order valence-corrected chi connectivity index (χ4v) is 0.975. The molecular weight excluding hydrogens is 188 g/mol. The first-order valence-electron chi connectivity index (χ1n) is 3.91. The Morgan fingerprint density at radius 1 is 1.64 bits per heavy atom. The SMILES string of the molecule is COC(=O)CN1C=CC(=O)C(N)C1=O. The van der Waals surface area contributed by atoms with Gasteiger partial charge in [0.15, 0.2) is 5.78 Å². The van der Waals surface area contributed by atoms with E-state index in [0.717, 1.165) is 11.0 Å².